The van der Waals surface area contributed by atoms with Gasteiger partial charge in [0.25, 0.3) is 0 Å². The molecule has 4 aromatic rings. The van der Waals surface area contributed by atoms with Gasteiger partial charge in [-0.25, -0.2) is 4.79 Å². The molecule has 236 valence electrons. The van der Waals surface area contributed by atoms with E-state index in [0.717, 1.165) is 37.3 Å². The highest BCUT2D eigenvalue weighted by molar-refractivity contribution is 7.22. The Bertz CT molecular complexity index is 1620. The van der Waals surface area contributed by atoms with Crippen LogP contribution in [0.5, 0.6) is 5.75 Å². The van der Waals surface area contributed by atoms with Gasteiger partial charge in [-0.2, -0.15) is 0 Å². The molecule has 2 fully saturated rings. The Hall–Kier alpha value is -3.88. The molecule has 0 bridgehead atoms. The van der Waals surface area contributed by atoms with Crippen LogP contribution < -0.4 is 10.1 Å². The number of nitrogens with one attached hydrogen (secondary N) is 1. The summed E-state index contributed by atoms with van der Waals surface area (Å²) < 4.78 is 12.8. The maximum Gasteiger partial charge on any atom is 0.410 e. The van der Waals surface area contributed by atoms with Crippen LogP contribution in [0, 0.1) is 0 Å². The predicted molar refractivity (Wildman–Crippen MR) is 182 cm³/mol. The van der Waals surface area contributed by atoms with E-state index >= 15 is 0 Å². The standard InChI is InChI=1S/C37H43N3O4S/c1-37(2,3)44-36(42)40-22-8-10-32(40)35(41)38-28-16-14-27(15-17-28)34-31(30-9-4-5-11-33(30)45-34)25-26-12-18-29(19-13-26)43-24-23-39-20-6-7-21-39/h4-5,9,11-19,32H,6-8,10,20-25H2,1-3H3,(H,38,41)/t32-/m0/s1. The molecule has 0 aliphatic carbocycles. The fourth-order valence-electron chi connectivity index (χ4n) is 6.22. The largest absolute Gasteiger partial charge is 0.492 e. The fourth-order valence-corrected chi connectivity index (χ4v) is 7.45. The van der Waals surface area contributed by atoms with Crippen LogP contribution in [0.15, 0.2) is 72.8 Å². The van der Waals surface area contributed by atoms with Crippen LogP contribution in [0.1, 0.15) is 57.6 Å². The first-order valence-corrected chi connectivity index (χ1v) is 16.9. The Morgan fingerprint density at radius 3 is 2.38 bits per heavy atom. The van der Waals surface area contributed by atoms with Crippen molar-refractivity contribution in [1.82, 2.24) is 9.80 Å². The molecule has 1 N–H and O–H groups in total. The number of amides is 2. The molecule has 0 spiro atoms. The van der Waals surface area contributed by atoms with Crippen LogP contribution in [0.4, 0.5) is 10.5 Å². The normalized spacial score (nSPS) is 17.1. The Kier molecular flexibility index (Phi) is 9.42. The van der Waals surface area contributed by atoms with E-state index in [2.05, 4.69) is 70.9 Å². The van der Waals surface area contributed by atoms with E-state index in [1.165, 1.54) is 52.0 Å². The highest BCUT2D eigenvalue weighted by Gasteiger charge is 2.36. The molecule has 7 nitrogen and oxygen atoms in total. The summed E-state index contributed by atoms with van der Waals surface area (Å²) in [7, 11) is 0. The minimum absolute atomic E-state index is 0.183. The lowest BCUT2D eigenvalue weighted by Gasteiger charge is -2.28. The monoisotopic (exact) mass is 625 g/mol. The van der Waals surface area contributed by atoms with Gasteiger partial charge in [-0.1, -0.05) is 42.5 Å². The number of benzene rings is 3. The summed E-state index contributed by atoms with van der Waals surface area (Å²) in [5, 5.41) is 4.30. The molecule has 6 rings (SSSR count). The first kappa shape index (κ1) is 31.1. The number of carbonyl (C=O) groups is 2. The second kappa shape index (κ2) is 13.6. The van der Waals surface area contributed by atoms with Crippen LogP contribution in [-0.4, -0.2) is 66.2 Å². The first-order chi connectivity index (χ1) is 21.7. The maximum atomic E-state index is 13.2. The van der Waals surface area contributed by atoms with E-state index in [1.807, 2.05) is 32.9 Å². The number of likely N-dealkylation sites (tertiary alicyclic amines) is 2. The highest BCUT2D eigenvalue weighted by Crippen LogP contribution is 2.40. The number of rotatable bonds is 9. The van der Waals surface area contributed by atoms with Gasteiger partial charge in [0.15, 0.2) is 0 Å². The second-order valence-corrected chi connectivity index (χ2v) is 14.1. The molecule has 0 radical (unpaired) electrons. The van der Waals surface area contributed by atoms with Crippen LogP contribution in [0.3, 0.4) is 0 Å². The van der Waals surface area contributed by atoms with Crippen molar-refractivity contribution in [2.24, 2.45) is 0 Å². The zero-order valence-corrected chi connectivity index (χ0v) is 27.3. The summed E-state index contributed by atoms with van der Waals surface area (Å²) in [4.78, 5) is 31.1. The van der Waals surface area contributed by atoms with Gasteiger partial charge in [0.05, 0.1) is 0 Å². The third-order valence-corrected chi connectivity index (χ3v) is 9.74. The van der Waals surface area contributed by atoms with Crippen molar-refractivity contribution in [3.05, 3.63) is 83.9 Å². The van der Waals surface area contributed by atoms with Crippen molar-refractivity contribution >= 4 is 39.1 Å². The van der Waals surface area contributed by atoms with Gasteiger partial charge in [-0.3, -0.25) is 14.6 Å². The number of anilines is 1. The third-order valence-electron chi connectivity index (χ3n) is 8.48. The fraction of sp³-hybridized carbons (Fsp3) is 0.405. The van der Waals surface area contributed by atoms with E-state index < -0.39 is 17.7 Å². The highest BCUT2D eigenvalue weighted by atomic mass is 32.1. The number of nitrogens with zero attached hydrogens (tertiary/aromatic N) is 2. The third kappa shape index (κ3) is 7.68. The number of carbonyl (C=O) groups excluding carboxylic acids is 2. The summed E-state index contributed by atoms with van der Waals surface area (Å²) in [6.45, 7) is 10.1. The number of fused-ring (bicyclic) bond motifs is 1. The van der Waals surface area contributed by atoms with Crippen molar-refractivity contribution in [3.8, 4) is 16.2 Å². The molecule has 0 unspecified atom stereocenters. The van der Waals surface area contributed by atoms with Gasteiger partial charge < -0.3 is 14.8 Å². The van der Waals surface area contributed by atoms with Gasteiger partial charge in [-0.15, -0.1) is 11.3 Å². The lowest BCUT2D eigenvalue weighted by Crippen LogP contribution is -2.45. The SMILES string of the molecule is CC(C)(C)OC(=O)N1CCC[C@H]1C(=O)Nc1ccc(-c2sc3ccccc3c2Cc2ccc(OCCN3CCCC3)cc2)cc1. The summed E-state index contributed by atoms with van der Waals surface area (Å²) in [5.41, 5.74) is 3.76. The predicted octanol–water partition coefficient (Wildman–Crippen LogP) is 7.97. The number of hydrogen-bond acceptors (Lipinski definition) is 6. The molecule has 45 heavy (non-hydrogen) atoms. The van der Waals surface area contributed by atoms with Crippen molar-refractivity contribution in [1.29, 1.82) is 0 Å². The van der Waals surface area contributed by atoms with Gasteiger partial charge in [0.1, 0.15) is 24.0 Å². The van der Waals surface area contributed by atoms with Gasteiger partial charge >= 0.3 is 6.09 Å². The average Bonchev–Trinajstić information content (AvgIpc) is 3.79. The molecule has 0 saturated carbocycles. The van der Waals surface area contributed by atoms with E-state index in [1.54, 1.807) is 16.2 Å². The summed E-state index contributed by atoms with van der Waals surface area (Å²) in [6, 6.07) is 24.6. The van der Waals surface area contributed by atoms with E-state index in [9.17, 15) is 9.59 Å². The van der Waals surface area contributed by atoms with Crippen molar-refractivity contribution in [3.63, 3.8) is 0 Å². The van der Waals surface area contributed by atoms with Crippen LogP contribution in [0.25, 0.3) is 20.5 Å². The number of thiophene rings is 1. The quantitative estimate of drug-likeness (QED) is 0.204. The van der Waals surface area contributed by atoms with Crippen LogP contribution in [-0.2, 0) is 16.0 Å². The zero-order valence-electron chi connectivity index (χ0n) is 26.5. The minimum atomic E-state index is -0.605. The van der Waals surface area contributed by atoms with E-state index in [4.69, 9.17) is 9.47 Å². The average molecular weight is 626 g/mol. The molecule has 2 aliphatic heterocycles. The molecular formula is C37H43N3O4S. The molecule has 2 saturated heterocycles. The summed E-state index contributed by atoms with van der Waals surface area (Å²) in [6.07, 6.45) is 4.37. The summed E-state index contributed by atoms with van der Waals surface area (Å²) >= 11 is 1.80. The topological polar surface area (TPSA) is 71.1 Å². The van der Waals surface area contributed by atoms with Gasteiger partial charge in [0, 0.05) is 28.4 Å². The van der Waals surface area contributed by atoms with E-state index in [-0.39, 0.29) is 5.91 Å². The first-order valence-electron chi connectivity index (χ1n) is 16.1. The molecule has 1 atom stereocenters. The Labute approximate surface area is 270 Å². The van der Waals surface area contributed by atoms with Crippen molar-refractivity contribution in [2.45, 2.75) is 64.5 Å². The molecular weight excluding hydrogens is 582 g/mol. The molecule has 3 heterocycles. The number of hydrogen-bond donors (Lipinski definition) is 1. The lowest BCUT2D eigenvalue weighted by atomic mass is 9.99. The Morgan fingerprint density at radius 2 is 1.64 bits per heavy atom. The molecule has 2 aliphatic rings. The van der Waals surface area contributed by atoms with Crippen LogP contribution in [0.2, 0.25) is 0 Å². The number of ether oxygens (including phenoxy) is 2. The molecule has 1 aromatic heterocycles. The van der Waals surface area contributed by atoms with Crippen molar-refractivity contribution in [2.75, 3.05) is 38.1 Å². The molecule has 8 heteroatoms. The lowest BCUT2D eigenvalue weighted by molar-refractivity contribution is -0.120. The maximum absolute atomic E-state index is 13.2. The van der Waals surface area contributed by atoms with E-state index in [0.29, 0.717) is 18.7 Å². The zero-order chi connectivity index (χ0) is 31.4. The Balaban J connectivity index is 1.14. The summed E-state index contributed by atoms with van der Waals surface area (Å²) in [5.74, 6) is 0.731. The molecule has 2 amide bonds. The molecule has 3 aromatic carbocycles. The van der Waals surface area contributed by atoms with Crippen LogP contribution >= 0.6 is 11.3 Å². The minimum Gasteiger partial charge on any atom is -0.492 e. The van der Waals surface area contributed by atoms with Gasteiger partial charge in [0.2, 0.25) is 5.91 Å². The second-order valence-electron chi connectivity index (χ2n) is 13.0. The van der Waals surface area contributed by atoms with Gasteiger partial charge in [-0.05, 0) is 118 Å². The Morgan fingerprint density at radius 1 is 0.911 bits per heavy atom. The smallest absolute Gasteiger partial charge is 0.410 e. The van der Waals surface area contributed by atoms with Crippen molar-refractivity contribution < 1.29 is 19.1 Å².